The molecule has 0 spiro atoms. The summed E-state index contributed by atoms with van der Waals surface area (Å²) in [6, 6.07) is 0. The van der Waals surface area contributed by atoms with Gasteiger partial charge >= 0.3 is 12.2 Å². The van der Waals surface area contributed by atoms with Gasteiger partial charge in [0.25, 0.3) is 0 Å². The van der Waals surface area contributed by atoms with E-state index >= 15 is 0 Å². The maximum atomic E-state index is 12.2. The van der Waals surface area contributed by atoms with Crippen LogP contribution in [0.2, 0.25) is 0 Å². The van der Waals surface area contributed by atoms with E-state index in [1.54, 1.807) is 0 Å². The van der Waals surface area contributed by atoms with Crippen molar-refractivity contribution in [1.82, 2.24) is 9.80 Å². The molecule has 0 N–H and O–H groups in total. The Morgan fingerprint density at radius 1 is 0.679 bits per heavy atom. The Morgan fingerprint density at radius 2 is 0.964 bits per heavy atom. The smallest absolute Gasteiger partial charge is 0.410 e. The quantitative estimate of drug-likeness (QED) is 0.669. The molecule has 0 unspecified atom stereocenters. The first kappa shape index (κ1) is 22.8. The zero-order valence-electron chi connectivity index (χ0n) is 18.8. The van der Waals surface area contributed by atoms with Crippen LogP contribution >= 0.6 is 0 Å². The second-order valence-corrected chi connectivity index (χ2v) is 10.2. The van der Waals surface area contributed by atoms with E-state index < -0.39 is 11.2 Å². The largest absolute Gasteiger partial charge is 0.444 e. The van der Waals surface area contributed by atoms with Crippen LogP contribution < -0.4 is 0 Å². The highest BCUT2D eigenvalue weighted by molar-refractivity contribution is 5.68. The Hall–Kier alpha value is -1.46. The van der Waals surface area contributed by atoms with Crippen LogP contribution in [-0.2, 0) is 9.47 Å². The highest BCUT2D eigenvalue weighted by Crippen LogP contribution is 2.37. The van der Waals surface area contributed by atoms with E-state index in [1.165, 1.54) is 5.92 Å². The van der Waals surface area contributed by atoms with Crippen molar-refractivity contribution in [2.45, 2.75) is 85.4 Å². The van der Waals surface area contributed by atoms with E-state index in [2.05, 4.69) is 6.92 Å². The van der Waals surface area contributed by atoms with Crippen molar-refractivity contribution in [3.05, 3.63) is 5.92 Å². The van der Waals surface area contributed by atoms with Gasteiger partial charge in [-0.1, -0.05) is 6.92 Å². The lowest BCUT2D eigenvalue weighted by atomic mass is 9.74. The first-order valence-corrected chi connectivity index (χ1v) is 10.6. The van der Waals surface area contributed by atoms with Crippen LogP contribution in [0.15, 0.2) is 0 Å². The molecule has 0 bridgehead atoms. The van der Waals surface area contributed by atoms with Crippen LogP contribution in [0.1, 0.15) is 74.1 Å². The summed E-state index contributed by atoms with van der Waals surface area (Å²) in [5.41, 5.74) is -0.893. The molecule has 2 saturated heterocycles. The third-order valence-electron chi connectivity index (χ3n) is 5.58. The molecule has 2 amide bonds. The molecular formula is C22H39N2O4. The van der Waals surface area contributed by atoms with Gasteiger partial charge in [0.15, 0.2) is 0 Å². The predicted octanol–water partition coefficient (Wildman–Crippen LogP) is 4.87. The lowest BCUT2D eigenvalue weighted by molar-refractivity contribution is 0.0163. The van der Waals surface area contributed by atoms with Gasteiger partial charge in [0.1, 0.15) is 11.2 Å². The molecule has 2 aliphatic rings. The molecule has 2 rings (SSSR count). The normalized spacial score (nSPS) is 20.4. The van der Waals surface area contributed by atoms with Gasteiger partial charge < -0.3 is 19.3 Å². The lowest BCUT2D eigenvalue weighted by Crippen LogP contribution is -2.45. The molecule has 0 aromatic rings. The Labute approximate surface area is 170 Å². The average Bonchev–Trinajstić information content (AvgIpc) is 2.58. The summed E-state index contributed by atoms with van der Waals surface area (Å²) >= 11 is 0. The number of carbonyl (C=O) groups excluding carboxylic acids is 2. The predicted molar refractivity (Wildman–Crippen MR) is 110 cm³/mol. The molecule has 2 heterocycles. The van der Waals surface area contributed by atoms with E-state index in [4.69, 9.17) is 9.47 Å². The van der Waals surface area contributed by atoms with Crippen molar-refractivity contribution < 1.29 is 19.1 Å². The van der Waals surface area contributed by atoms with Gasteiger partial charge in [-0.05, 0) is 85.0 Å². The summed E-state index contributed by atoms with van der Waals surface area (Å²) in [6.45, 7) is 16.7. The van der Waals surface area contributed by atoms with Crippen molar-refractivity contribution in [3.63, 3.8) is 0 Å². The third kappa shape index (κ3) is 6.85. The molecule has 0 saturated carbocycles. The van der Waals surface area contributed by atoms with Crippen LogP contribution in [0.4, 0.5) is 9.59 Å². The standard InChI is InChI=1S/C22H39N2O4/c1-16(17-8-12-23(13-9-17)19(25)27-21(2,3)4)18-10-14-24(15-11-18)20(26)28-22(5,6)7/h17-18H,8-15H2,1-7H3. The zero-order chi connectivity index (χ0) is 21.1. The fraction of sp³-hybridized carbons (Fsp3) is 0.864. The molecule has 2 aliphatic heterocycles. The molecular weight excluding hydrogens is 356 g/mol. The number of ether oxygens (including phenoxy) is 2. The number of likely N-dealkylation sites (tertiary alicyclic amines) is 2. The molecule has 0 aromatic heterocycles. The molecule has 6 heteroatoms. The molecule has 0 aliphatic carbocycles. The molecule has 0 atom stereocenters. The number of hydrogen-bond acceptors (Lipinski definition) is 4. The van der Waals surface area contributed by atoms with Crippen molar-refractivity contribution in [1.29, 1.82) is 0 Å². The number of nitrogens with zero attached hydrogens (tertiary/aromatic N) is 2. The van der Waals surface area contributed by atoms with Crippen molar-refractivity contribution in [2.24, 2.45) is 11.8 Å². The van der Waals surface area contributed by atoms with Crippen molar-refractivity contribution >= 4 is 12.2 Å². The van der Waals surface area contributed by atoms with Gasteiger partial charge in [0.05, 0.1) is 0 Å². The van der Waals surface area contributed by atoms with Crippen molar-refractivity contribution in [2.75, 3.05) is 26.2 Å². The van der Waals surface area contributed by atoms with Crippen LogP contribution in [-0.4, -0.2) is 59.4 Å². The minimum atomic E-state index is -0.446. The highest BCUT2D eigenvalue weighted by atomic mass is 16.6. The Morgan fingerprint density at radius 3 is 1.21 bits per heavy atom. The maximum absolute atomic E-state index is 12.2. The number of amides is 2. The average molecular weight is 396 g/mol. The lowest BCUT2D eigenvalue weighted by Gasteiger charge is -2.40. The summed E-state index contributed by atoms with van der Waals surface area (Å²) in [7, 11) is 0. The van der Waals surface area contributed by atoms with E-state index in [-0.39, 0.29) is 12.2 Å². The Bertz CT molecular complexity index is 486. The Balaban J connectivity index is 1.76. The van der Waals surface area contributed by atoms with Gasteiger partial charge in [-0.15, -0.1) is 0 Å². The van der Waals surface area contributed by atoms with Crippen LogP contribution in [0.3, 0.4) is 0 Å². The number of carbonyl (C=O) groups is 2. The number of piperidine rings is 2. The van der Waals surface area contributed by atoms with Crippen LogP contribution in [0.5, 0.6) is 0 Å². The molecule has 1 radical (unpaired) electrons. The summed E-state index contributed by atoms with van der Waals surface area (Å²) in [5.74, 6) is 2.64. The number of rotatable bonds is 2. The summed E-state index contributed by atoms with van der Waals surface area (Å²) < 4.78 is 11.0. The minimum Gasteiger partial charge on any atom is -0.444 e. The van der Waals surface area contributed by atoms with Gasteiger partial charge in [-0.2, -0.15) is 0 Å². The summed E-state index contributed by atoms with van der Waals surface area (Å²) in [4.78, 5) is 28.1. The highest BCUT2D eigenvalue weighted by Gasteiger charge is 2.35. The molecule has 6 nitrogen and oxygen atoms in total. The zero-order valence-corrected chi connectivity index (χ0v) is 18.8. The Kier molecular flexibility index (Phi) is 7.27. The minimum absolute atomic E-state index is 0.200. The topological polar surface area (TPSA) is 59.1 Å². The number of hydrogen-bond donors (Lipinski definition) is 0. The van der Waals surface area contributed by atoms with Crippen molar-refractivity contribution in [3.8, 4) is 0 Å². The molecule has 28 heavy (non-hydrogen) atoms. The summed E-state index contributed by atoms with van der Waals surface area (Å²) in [5, 5.41) is 0. The first-order chi connectivity index (χ1) is 12.9. The van der Waals surface area contributed by atoms with Crippen LogP contribution in [0.25, 0.3) is 0 Å². The van der Waals surface area contributed by atoms with E-state index in [0.29, 0.717) is 11.8 Å². The molecule has 2 fully saturated rings. The second kappa shape index (κ2) is 8.91. The second-order valence-electron chi connectivity index (χ2n) is 10.2. The SMILES string of the molecule is C[C](C1CCN(C(=O)OC(C)(C)C)CC1)C1CCN(C(=O)OC(C)(C)C)CC1. The first-order valence-electron chi connectivity index (χ1n) is 10.6. The van der Waals surface area contributed by atoms with Gasteiger partial charge in [-0.3, -0.25) is 0 Å². The van der Waals surface area contributed by atoms with Gasteiger partial charge in [0.2, 0.25) is 0 Å². The van der Waals surface area contributed by atoms with Gasteiger partial charge in [-0.25, -0.2) is 9.59 Å². The molecule has 161 valence electrons. The van der Waals surface area contributed by atoms with E-state index in [0.717, 1.165) is 51.9 Å². The fourth-order valence-corrected chi connectivity index (χ4v) is 4.02. The fourth-order valence-electron chi connectivity index (χ4n) is 4.02. The monoisotopic (exact) mass is 395 g/mol. The van der Waals surface area contributed by atoms with E-state index in [9.17, 15) is 9.59 Å². The molecule has 0 aromatic carbocycles. The van der Waals surface area contributed by atoms with E-state index in [1.807, 2.05) is 51.3 Å². The van der Waals surface area contributed by atoms with Crippen LogP contribution in [0, 0.1) is 17.8 Å². The maximum Gasteiger partial charge on any atom is 0.410 e. The van der Waals surface area contributed by atoms with Gasteiger partial charge in [0, 0.05) is 26.2 Å². The summed E-state index contributed by atoms with van der Waals surface area (Å²) in [6.07, 6.45) is 3.59. The third-order valence-corrected chi connectivity index (χ3v) is 5.58.